The van der Waals surface area contributed by atoms with Crippen LogP contribution in [-0.2, 0) is 32.5 Å². The number of likely N-dealkylation sites (tertiary alicyclic amines) is 1. The minimum atomic E-state index is -3.64. The van der Waals surface area contributed by atoms with Crippen molar-refractivity contribution in [3.8, 4) is 0 Å². The van der Waals surface area contributed by atoms with E-state index >= 15 is 0 Å². The summed E-state index contributed by atoms with van der Waals surface area (Å²) in [7, 11) is -3.64. The summed E-state index contributed by atoms with van der Waals surface area (Å²) in [4.78, 5) is 25.1. The number of fused-ring (bicyclic) bond motifs is 1. The van der Waals surface area contributed by atoms with Gasteiger partial charge >= 0.3 is 5.97 Å². The predicted octanol–water partition coefficient (Wildman–Crippen LogP) is 1.56. The largest absolute Gasteiger partial charge is 0.481 e. The van der Waals surface area contributed by atoms with E-state index in [1.54, 1.807) is 17.0 Å². The number of aryl methyl sites for hydroxylation is 2. The van der Waals surface area contributed by atoms with E-state index in [1.807, 2.05) is 6.07 Å². The third-order valence-electron chi connectivity index (χ3n) is 5.46. The van der Waals surface area contributed by atoms with Crippen LogP contribution in [0.4, 0.5) is 0 Å². The van der Waals surface area contributed by atoms with Gasteiger partial charge in [0.25, 0.3) is 0 Å². The Morgan fingerprint density at radius 3 is 2.44 bits per heavy atom. The number of hydrogen-bond donors (Lipinski definition) is 2. The standard InChI is InChI=1S/C19H26N2O5S/c22-18(21-11-8-15(9-12-21)19(23)24)7-10-20-27(25,26)17-6-5-14-3-1-2-4-16(14)13-17/h5-6,13,15,20H,1-4,7-12H2,(H,23,24). The number of nitrogens with one attached hydrogen (secondary N) is 1. The lowest BCUT2D eigenvalue weighted by atomic mass is 9.92. The molecule has 0 aromatic heterocycles. The van der Waals surface area contributed by atoms with E-state index in [4.69, 9.17) is 5.11 Å². The van der Waals surface area contributed by atoms with Crippen molar-refractivity contribution in [2.75, 3.05) is 19.6 Å². The van der Waals surface area contributed by atoms with Gasteiger partial charge in [-0.05, 0) is 61.8 Å². The molecule has 8 heteroatoms. The smallest absolute Gasteiger partial charge is 0.306 e. The van der Waals surface area contributed by atoms with Gasteiger partial charge in [0.15, 0.2) is 0 Å². The summed E-state index contributed by atoms with van der Waals surface area (Å²) in [6.45, 7) is 0.859. The Hall–Kier alpha value is -1.93. The Bertz CT molecular complexity index is 813. The van der Waals surface area contributed by atoms with E-state index in [0.717, 1.165) is 31.2 Å². The number of carbonyl (C=O) groups excluding carboxylic acids is 1. The number of carboxylic acid groups (broad SMARTS) is 1. The van der Waals surface area contributed by atoms with Crippen LogP contribution in [0, 0.1) is 5.92 Å². The third-order valence-corrected chi connectivity index (χ3v) is 6.92. The lowest BCUT2D eigenvalue weighted by molar-refractivity contribution is -0.145. The highest BCUT2D eigenvalue weighted by Gasteiger charge is 2.27. The maximum Gasteiger partial charge on any atom is 0.306 e. The molecule has 0 bridgehead atoms. The molecule has 1 heterocycles. The highest BCUT2D eigenvalue weighted by molar-refractivity contribution is 7.89. The summed E-state index contributed by atoms with van der Waals surface area (Å²) in [5, 5.41) is 9.00. The summed E-state index contributed by atoms with van der Waals surface area (Å²) >= 11 is 0. The molecular weight excluding hydrogens is 368 g/mol. The zero-order chi connectivity index (χ0) is 19.4. The SMILES string of the molecule is O=C(O)C1CCN(C(=O)CCNS(=O)(=O)c2ccc3c(c2)CCCC3)CC1. The fourth-order valence-corrected chi connectivity index (χ4v) is 4.87. The number of hydrogen-bond acceptors (Lipinski definition) is 4. The Morgan fingerprint density at radius 2 is 1.78 bits per heavy atom. The number of benzene rings is 1. The lowest BCUT2D eigenvalue weighted by Gasteiger charge is -2.30. The molecule has 148 valence electrons. The fourth-order valence-electron chi connectivity index (χ4n) is 3.79. The normalized spacial score (nSPS) is 18.1. The van der Waals surface area contributed by atoms with Crippen molar-refractivity contribution in [3.63, 3.8) is 0 Å². The Labute approximate surface area is 159 Å². The van der Waals surface area contributed by atoms with Crippen LogP contribution in [0.3, 0.4) is 0 Å². The van der Waals surface area contributed by atoms with Crippen LogP contribution in [0.5, 0.6) is 0 Å². The maximum absolute atomic E-state index is 12.5. The topological polar surface area (TPSA) is 104 Å². The Kier molecular flexibility index (Phi) is 6.16. The summed E-state index contributed by atoms with van der Waals surface area (Å²) in [5.41, 5.74) is 2.32. The molecule has 0 saturated carbocycles. The van der Waals surface area contributed by atoms with Crippen LogP contribution in [0.2, 0.25) is 0 Å². The molecule has 0 atom stereocenters. The minimum Gasteiger partial charge on any atom is -0.481 e. The first kappa shape index (κ1) is 19.8. The molecule has 1 aliphatic heterocycles. The van der Waals surface area contributed by atoms with Crippen LogP contribution in [0.1, 0.15) is 43.2 Å². The molecule has 1 amide bonds. The third kappa shape index (κ3) is 4.87. The summed E-state index contributed by atoms with van der Waals surface area (Å²) in [5.74, 6) is -1.36. The van der Waals surface area contributed by atoms with E-state index in [1.165, 1.54) is 5.56 Å². The second-order valence-corrected chi connectivity index (χ2v) is 9.05. The molecule has 2 N–H and O–H groups in total. The number of piperidine rings is 1. The molecule has 1 aromatic rings. The number of rotatable bonds is 6. The summed E-state index contributed by atoms with van der Waals surface area (Å²) in [6, 6.07) is 5.26. The van der Waals surface area contributed by atoms with E-state index < -0.39 is 21.9 Å². The maximum atomic E-state index is 12.5. The molecule has 1 saturated heterocycles. The van der Waals surface area contributed by atoms with Crippen molar-refractivity contribution in [2.24, 2.45) is 5.92 Å². The summed E-state index contributed by atoms with van der Waals surface area (Å²) in [6.07, 6.45) is 5.09. The van der Waals surface area contributed by atoms with Crippen molar-refractivity contribution in [1.82, 2.24) is 9.62 Å². The van der Waals surface area contributed by atoms with Crippen LogP contribution in [0.15, 0.2) is 23.1 Å². The van der Waals surface area contributed by atoms with Gasteiger partial charge in [0, 0.05) is 26.1 Å². The summed E-state index contributed by atoms with van der Waals surface area (Å²) < 4.78 is 27.5. The second kappa shape index (κ2) is 8.39. The van der Waals surface area contributed by atoms with Gasteiger partial charge in [0.05, 0.1) is 10.8 Å². The molecule has 1 aromatic carbocycles. The van der Waals surface area contributed by atoms with Gasteiger partial charge < -0.3 is 10.0 Å². The minimum absolute atomic E-state index is 0.0388. The highest BCUT2D eigenvalue weighted by Crippen LogP contribution is 2.24. The predicted molar refractivity (Wildman–Crippen MR) is 99.8 cm³/mol. The molecule has 3 rings (SSSR count). The first-order valence-corrected chi connectivity index (χ1v) is 11.0. The van der Waals surface area contributed by atoms with Gasteiger partial charge in [-0.3, -0.25) is 9.59 Å². The van der Waals surface area contributed by atoms with Gasteiger partial charge in [0.2, 0.25) is 15.9 Å². The fraction of sp³-hybridized carbons (Fsp3) is 0.579. The Morgan fingerprint density at radius 1 is 1.11 bits per heavy atom. The molecule has 0 unspecified atom stereocenters. The van der Waals surface area contributed by atoms with Gasteiger partial charge in [-0.2, -0.15) is 0 Å². The van der Waals surface area contributed by atoms with Crippen LogP contribution in [-0.4, -0.2) is 49.9 Å². The van der Waals surface area contributed by atoms with E-state index in [9.17, 15) is 18.0 Å². The van der Waals surface area contributed by atoms with Crippen molar-refractivity contribution >= 4 is 21.9 Å². The first-order chi connectivity index (χ1) is 12.9. The Balaban J connectivity index is 1.51. The average molecular weight is 394 g/mol. The number of sulfonamides is 1. The molecule has 1 aliphatic carbocycles. The van der Waals surface area contributed by atoms with E-state index in [2.05, 4.69) is 4.72 Å². The number of carboxylic acids is 1. The van der Waals surface area contributed by atoms with Crippen LogP contribution >= 0.6 is 0 Å². The molecule has 7 nitrogen and oxygen atoms in total. The second-order valence-electron chi connectivity index (χ2n) is 7.28. The lowest BCUT2D eigenvalue weighted by Crippen LogP contribution is -2.41. The molecule has 0 radical (unpaired) electrons. The van der Waals surface area contributed by atoms with Crippen molar-refractivity contribution in [1.29, 1.82) is 0 Å². The average Bonchev–Trinajstić information content (AvgIpc) is 2.67. The first-order valence-electron chi connectivity index (χ1n) is 9.49. The van der Waals surface area contributed by atoms with Crippen LogP contribution in [0.25, 0.3) is 0 Å². The van der Waals surface area contributed by atoms with E-state index in [-0.39, 0.29) is 23.8 Å². The quantitative estimate of drug-likeness (QED) is 0.762. The highest BCUT2D eigenvalue weighted by atomic mass is 32.2. The van der Waals surface area contributed by atoms with Crippen molar-refractivity contribution in [3.05, 3.63) is 29.3 Å². The molecule has 27 heavy (non-hydrogen) atoms. The zero-order valence-corrected chi connectivity index (χ0v) is 16.1. The monoisotopic (exact) mass is 394 g/mol. The van der Waals surface area contributed by atoms with Gasteiger partial charge in [-0.1, -0.05) is 6.07 Å². The van der Waals surface area contributed by atoms with Gasteiger partial charge in [-0.15, -0.1) is 0 Å². The zero-order valence-electron chi connectivity index (χ0n) is 15.3. The molecule has 2 aliphatic rings. The number of nitrogens with zero attached hydrogens (tertiary/aromatic N) is 1. The van der Waals surface area contributed by atoms with E-state index in [0.29, 0.717) is 25.9 Å². The molecular formula is C19H26N2O5S. The van der Waals surface area contributed by atoms with Crippen LogP contribution < -0.4 is 4.72 Å². The number of carbonyl (C=O) groups is 2. The van der Waals surface area contributed by atoms with Crippen molar-refractivity contribution < 1.29 is 23.1 Å². The number of aliphatic carboxylic acids is 1. The van der Waals surface area contributed by atoms with Gasteiger partial charge in [0.1, 0.15) is 0 Å². The van der Waals surface area contributed by atoms with Gasteiger partial charge in [-0.25, -0.2) is 13.1 Å². The molecule has 0 spiro atoms. The molecule has 1 fully saturated rings. The van der Waals surface area contributed by atoms with Crippen molar-refractivity contribution in [2.45, 2.75) is 49.8 Å². The number of amides is 1.